The minimum atomic E-state index is 0. The summed E-state index contributed by atoms with van der Waals surface area (Å²) in [5, 5.41) is 2.70. The second kappa shape index (κ2) is 11.4. The Morgan fingerprint density at radius 3 is 2.19 bits per heavy atom. The standard InChI is InChI=1S/C27H41N2O.BrH/c1-19(2)10-14-28-15-12-25-24-9-8-23(30-17-13-21(5)6)18-26(24)29(16-11-20(3)4)27(25)22(28)7;/h8-9,12,15,18-21H,10-11,13-14,16-17H2,1-7H3;1H/q+1;/p-1. The first-order valence-corrected chi connectivity index (χ1v) is 11.9. The lowest BCUT2D eigenvalue weighted by atomic mass is 10.1. The lowest BCUT2D eigenvalue weighted by Gasteiger charge is -2.12. The zero-order valence-electron chi connectivity index (χ0n) is 20.5. The van der Waals surface area contributed by atoms with Crippen molar-refractivity contribution in [2.45, 2.75) is 80.8 Å². The van der Waals surface area contributed by atoms with Crippen LogP contribution in [0.3, 0.4) is 0 Å². The average molecular weight is 490 g/mol. The molecule has 0 aliphatic heterocycles. The quantitative estimate of drug-likeness (QED) is 0.395. The molecule has 0 bridgehead atoms. The van der Waals surface area contributed by atoms with E-state index in [0.717, 1.165) is 31.9 Å². The smallest absolute Gasteiger partial charge is 0.202 e. The summed E-state index contributed by atoms with van der Waals surface area (Å²) in [5.74, 6) is 3.04. The number of rotatable bonds is 10. The fourth-order valence-electron chi connectivity index (χ4n) is 4.09. The molecule has 0 unspecified atom stereocenters. The average Bonchev–Trinajstić information content (AvgIpc) is 2.99. The Labute approximate surface area is 199 Å². The van der Waals surface area contributed by atoms with Crippen LogP contribution in [-0.4, -0.2) is 11.2 Å². The molecule has 0 fully saturated rings. The fourth-order valence-corrected chi connectivity index (χ4v) is 4.09. The number of hydrogen-bond acceptors (Lipinski definition) is 1. The van der Waals surface area contributed by atoms with Gasteiger partial charge in [-0.25, -0.2) is 4.57 Å². The number of fused-ring (bicyclic) bond motifs is 3. The van der Waals surface area contributed by atoms with E-state index in [9.17, 15) is 0 Å². The van der Waals surface area contributed by atoms with Gasteiger partial charge in [0.25, 0.3) is 0 Å². The molecule has 0 saturated carbocycles. The van der Waals surface area contributed by atoms with Crippen molar-refractivity contribution in [1.29, 1.82) is 0 Å². The van der Waals surface area contributed by atoms with Crippen LogP contribution in [0.4, 0.5) is 0 Å². The van der Waals surface area contributed by atoms with Gasteiger partial charge < -0.3 is 26.3 Å². The lowest BCUT2D eigenvalue weighted by Crippen LogP contribution is -3.00. The molecular weight excluding hydrogens is 448 g/mol. The van der Waals surface area contributed by atoms with E-state index >= 15 is 0 Å². The molecule has 0 amide bonds. The Bertz CT molecular complexity index is 988. The molecule has 0 atom stereocenters. The second-order valence-electron chi connectivity index (χ2n) is 10.1. The van der Waals surface area contributed by atoms with Crippen LogP contribution in [0, 0.1) is 24.7 Å². The largest absolute Gasteiger partial charge is 1.00 e. The van der Waals surface area contributed by atoms with E-state index in [1.54, 1.807) is 0 Å². The van der Waals surface area contributed by atoms with Gasteiger partial charge in [-0.05, 0) is 42.7 Å². The third-order valence-electron chi connectivity index (χ3n) is 6.11. The SMILES string of the molecule is Cc1c2c(cc[n+]1CCC(C)C)c1ccc(OCCC(C)C)cc1n2CCC(C)C.[Br-]. The van der Waals surface area contributed by atoms with Crippen LogP contribution >= 0.6 is 0 Å². The summed E-state index contributed by atoms with van der Waals surface area (Å²) in [5.41, 5.74) is 4.06. The minimum absolute atomic E-state index is 0. The van der Waals surface area contributed by atoms with Gasteiger partial charge in [-0.3, -0.25) is 0 Å². The van der Waals surface area contributed by atoms with Crippen molar-refractivity contribution in [2.24, 2.45) is 17.8 Å². The Hall–Kier alpha value is -1.55. The molecule has 172 valence electrons. The van der Waals surface area contributed by atoms with Crippen molar-refractivity contribution in [1.82, 2.24) is 4.57 Å². The molecule has 0 N–H and O–H groups in total. The summed E-state index contributed by atoms with van der Waals surface area (Å²) >= 11 is 0. The van der Waals surface area contributed by atoms with Crippen LogP contribution in [0.15, 0.2) is 30.5 Å². The molecule has 0 aliphatic carbocycles. The molecule has 3 rings (SSSR count). The summed E-state index contributed by atoms with van der Waals surface area (Å²) in [4.78, 5) is 0. The Balaban J connectivity index is 0.00000341. The van der Waals surface area contributed by atoms with E-state index in [1.807, 2.05) is 0 Å². The van der Waals surface area contributed by atoms with Crippen LogP contribution in [0.25, 0.3) is 21.8 Å². The van der Waals surface area contributed by atoms with Crippen molar-refractivity contribution in [3.05, 3.63) is 36.2 Å². The first-order valence-electron chi connectivity index (χ1n) is 11.9. The van der Waals surface area contributed by atoms with Crippen LogP contribution in [0.5, 0.6) is 5.75 Å². The van der Waals surface area contributed by atoms with Gasteiger partial charge in [-0.2, -0.15) is 0 Å². The number of nitrogens with zero attached hydrogens (tertiary/aromatic N) is 2. The van der Waals surface area contributed by atoms with Gasteiger partial charge in [-0.1, -0.05) is 41.5 Å². The van der Waals surface area contributed by atoms with Gasteiger partial charge in [-0.15, -0.1) is 0 Å². The number of aryl methyl sites for hydroxylation is 3. The first kappa shape index (κ1) is 25.7. The zero-order valence-corrected chi connectivity index (χ0v) is 22.1. The maximum absolute atomic E-state index is 6.10. The van der Waals surface area contributed by atoms with E-state index in [0.29, 0.717) is 17.8 Å². The summed E-state index contributed by atoms with van der Waals surface area (Å²) in [7, 11) is 0. The first-order chi connectivity index (χ1) is 14.3. The number of pyridine rings is 1. The van der Waals surface area contributed by atoms with Gasteiger partial charge in [0.15, 0.2) is 6.20 Å². The molecule has 31 heavy (non-hydrogen) atoms. The van der Waals surface area contributed by atoms with E-state index in [1.165, 1.54) is 40.3 Å². The molecule has 3 aromatic rings. The number of hydrogen-bond donors (Lipinski definition) is 0. The van der Waals surface area contributed by atoms with Crippen molar-refractivity contribution in [3.8, 4) is 5.75 Å². The van der Waals surface area contributed by atoms with Crippen LogP contribution in [-0.2, 0) is 13.1 Å². The Kier molecular flexibility index (Phi) is 9.42. The van der Waals surface area contributed by atoms with E-state index < -0.39 is 0 Å². The summed E-state index contributed by atoms with van der Waals surface area (Å²) < 4.78 is 11.1. The predicted molar refractivity (Wildman–Crippen MR) is 128 cm³/mol. The van der Waals surface area contributed by atoms with E-state index in [-0.39, 0.29) is 17.0 Å². The molecule has 1 aromatic carbocycles. The number of ether oxygens (including phenoxy) is 1. The topological polar surface area (TPSA) is 18.0 Å². The monoisotopic (exact) mass is 488 g/mol. The normalized spacial score (nSPS) is 11.8. The van der Waals surface area contributed by atoms with Crippen molar-refractivity contribution in [3.63, 3.8) is 0 Å². The molecule has 2 heterocycles. The van der Waals surface area contributed by atoms with E-state index in [2.05, 4.69) is 88.1 Å². The predicted octanol–water partition coefficient (Wildman–Crippen LogP) is 3.91. The van der Waals surface area contributed by atoms with Crippen LogP contribution in [0.1, 0.15) is 66.5 Å². The molecule has 0 radical (unpaired) electrons. The van der Waals surface area contributed by atoms with Gasteiger partial charge in [0, 0.05) is 42.8 Å². The molecule has 3 nitrogen and oxygen atoms in total. The van der Waals surface area contributed by atoms with Crippen LogP contribution < -0.4 is 26.3 Å². The second-order valence-corrected chi connectivity index (χ2v) is 10.1. The number of aromatic nitrogens is 2. The maximum atomic E-state index is 6.10. The van der Waals surface area contributed by atoms with Crippen molar-refractivity contribution >= 4 is 21.8 Å². The zero-order chi connectivity index (χ0) is 21.8. The molecule has 0 spiro atoms. The molecule has 0 aliphatic rings. The van der Waals surface area contributed by atoms with Gasteiger partial charge in [0.05, 0.1) is 12.1 Å². The minimum Gasteiger partial charge on any atom is -1.00 e. The highest BCUT2D eigenvalue weighted by Gasteiger charge is 2.20. The number of benzene rings is 1. The Morgan fingerprint density at radius 2 is 1.55 bits per heavy atom. The summed E-state index contributed by atoms with van der Waals surface area (Å²) in [6.45, 7) is 18.9. The number of halogens is 1. The third-order valence-corrected chi connectivity index (χ3v) is 6.11. The molecular formula is C27H41BrN2O. The maximum Gasteiger partial charge on any atom is 0.202 e. The summed E-state index contributed by atoms with van der Waals surface area (Å²) in [6.07, 6.45) is 5.75. The fraction of sp³-hybridized carbons (Fsp3) is 0.593. The lowest BCUT2D eigenvalue weighted by molar-refractivity contribution is -0.702. The summed E-state index contributed by atoms with van der Waals surface area (Å²) in [6, 6.07) is 8.97. The van der Waals surface area contributed by atoms with Crippen LogP contribution in [0.2, 0.25) is 0 Å². The highest BCUT2D eigenvalue weighted by molar-refractivity contribution is 6.08. The third kappa shape index (κ3) is 6.25. The van der Waals surface area contributed by atoms with Crippen molar-refractivity contribution < 1.29 is 26.3 Å². The van der Waals surface area contributed by atoms with E-state index in [4.69, 9.17) is 4.74 Å². The highest BCUT2D eigenvalue weighted by Crippen LogP contribution is 2.33. The Morgan fingerprint density at radius 1 is 0.871 bits per heavy atom. The highest BCUT2D eigenvalue weighted by atomic mass is 79.9. The molecule has 2 aromatic heterocycles. The van der Waals surface area contributed by atoms with Gasteiger partial charge >= 0.3 is 0 Å². The van der Waals surface area contributed by atoms with Crippen molar-refractivity contribution in [2.75, 3.05) is 6.61 Å². The van der Waals surface area contributed by atoms with Gasteiger partial charge in [0.1, 0.15) is 17.8 Å². The molecule has 4 heteroatoms. The van der Waals surface area contributed by atoms with Gasteiger partial charge in [0.2, 0.25) is 5.69 Å². The molecule has 0 saturated heterocycles.